The van der Waals surface area contributed by atoms with Crippen molar-refractivity contribution in [3.63, 3.8) is 0 Å². The quantitative estimate of drug-likeness (QED) is 0.533. The summed E-state index contributed by atoms with van der Waals surface area (Å²) in [6, 6.07) is 10.3. The van der Waals surface area contributed by atoms with E-state index in [4.69, 9.17) is 4.74 Å². The van der Waals surface area contributed by atoms with Gasteiger partial charge in [0, 0.05) is 13.1 Å². The van der Waals surface area contributed by atoms with Crippen LogP contribution in [0, 0.1) is 0 Å². The predicted octanol–water partition coefficient (Wildman–Crippen LogP) is 2.60. The Morgan fingerprint density at radius 3 is 2.74 bits per heavy atom. The molecule has 0 fully saturated rings. The Morgan fingerprint density at radius 2 is 1.96 bits per heavy atom. The summed E-state index contributed by atoms with van der Waals surface area (Å²) < 4.78 is 7.28. The minimum absolute atomic E-state index is 0.0278. The third kappa shape index (κ3) is 1.88. The van der Waals surface area contributed by atoms with Gasteiger partial charge in [0.1, 0.15) is 5.82 Å². The average Bonchev–Trinajstić information content (AvgIpc) is 3.03. The van der Waals surface area contributed by atoms with Gasteiger partial charge in [-0.05, 0) is 24.3 Å². The minimum Gasteiger partial charge on any atom is -0.504 e. The van der Waals surface area contributed by atoms with Crippen LogP contribution in [-0.4, -0.2) is 25.5 Å². The number of ketones is 1. The van der Waals surface area contributed by atoms with Gasteiger partial charge in [-0.25, -0.2) is 4.98 Å². The van der Waals surface area contributed by atoms with Crippen molar-refractivity contribution in [3.8, 4) is 17.2 Å². The maximum Gasteiger partial charge on any atom is 0.232 e. The molecule has 0 unspecified atom stereocenters. The molecule has 0 radical (unpaired) electrons. The fraction of sp³-hybridized carbons (Fsp3) is 0.0588. The number of aromatic nitrogens is 2. The summed E-state index contributed by atoms with van der Waals surface area (Å²) in [5, 5.41) is 19.3. The number of Topliss-reactive ketones (excluding diaryl/α,β-unsaturated/α-hetero) is 1. The molecule has 0 spiro atoms. The van der Waals surface area contributed by atoms with Crippen molar-refractivity contribution in [3.05, 3.63) is 53.5 Å². The number of ether oxygens (including phenoxy) is 1. The number of allylic oxidation sites excluding steroid dienone is 1. The lowest BCUT2D eigenvalue weighted by atomic mass is 10.1. The van der Waals surface area contributed by atoms with E-state index < -0.39 is 5.75 Å². The standard InChI is InChI=1S/C17H12N2O4/c1-19-11-5-3-2-4-10(11)18-14(19)8-13-15(21)9-6-7-12(20)16(22)17(9)23-13/h2-8,20,22H,1H3/b13-8-. The second-order valence-corrected chi connectivity index (χ2v) is 5.27. The number of hydrogen-bond acceptors (Lipinski definition) is 5. The first kappa shape index (κ1) is 13.4. The molecule has 0 atom stereocenters. The van der Waals surface area contributed by atoms with Gasteiger partial charge < -0.3 is 19.5 Å². The van der Waals surface area contributed by atoms with Crippen LogP contribution in [0.4, 0.5) is 0 Å². The Kier molecular flexibility index (Phi) is 2.68. The maximum atomic E-state index is 12.4. The Hall–Kier alpha value is -3.28. The van der Waals surface area contributed by atoms with Crippen molar-refractivity contribution in [2.24, 2.45) is 7.05 Å². The summed E-state index contributed by atoms with van der Waals surface area (Å²) >= 11 is 0. The Balaban J connectivity index is 1.82. The van der Waals surface area contributed by atoms with E-state index in [0.717, 1.165) is 11.0 Å². The number of nitrogens with zero attached hydrogens (tertiary/aromatic N) is 2. The molecular formula is C17H12N2O4. The summed E-state index contributed by atoms with van der Waals surface area (Å²) in [7, 11) is 1.84. The molecule has 6 heteroatoms. The third-order valence-corrected chi connectivity index (χ3v) is 3.87. The van der Waals surface area contributed by atoms with Gasteiger partial charge in [-0.15, -0.1) is 0 Å². The summed E-state index contributed by atoms with van der Waals surface area (Å²) in [5.74, 6) is -0.544. The van der Waals surface area contributed by atoms with Gasteiger partial charge in [-0.3, -0.25) is 4.79 Å². The van der Waals surface area contributed by atoms with Crippen LogP contribution < -0.4 is 4.74 Å². The zero-order valence-electron chi connectivity index (χ0n) is 12.1. The number of aryl methyl sites for hydroxylation is 1. The van der Waals surface area contributed by atoms with Crippen LogP contribution in [0.25, 0.3) is 17.1 Å². The van der Waals surface area contributed by atoms with Gasteiger partial charge in [0.15, 0.2) is 17.3 Å². The van der Waals surface area contributed by atoms with E-state index in [1.54, 1.807) is 0 Å². The minimum atomic E-state index is -0.441. The Labute approximate surface area is 130 Å². The molecule has 3 aromatic rings. The highest BCUT2D eigenvalue weighted by Gasteiger charge is 2.31. The fourth-order valence-electron chi connectivity index (χ4n) is 2.64. The number of fused-ring (bicyclic) bond motifs is 2. The van der Waals surface area contributed by atoms with E-state index >= 15 is 0 Å². The van der Waals surface area contributed by atoms with Crippen LogP contribution >= 0.6 is 0 Å². The molecule has 2 aromatic carbocycles. The van der Waals surface area contributed by atoms with Crippen molar-refractivity contribution in [1.29, 1.82) is 0 Å². The zero-order chi connectivity index (χ0) is 16.1. The zero-order valence-corrected chi connectivity index (χ0v) is 12.1. The number of phenolic OH excluding ortho intramolecular Hbond substituents is 2. The van der Waals surface area contributed by atoms with Crippen LogP contribution in [0.5, 0.6) is 17.2 Å². The van der Waals surface area contributed by atoms with Gasteiger partial charge in [0.2, 0.25) is 11.5 Å². The van der Waals surface area contributed by atoms with Gasteiger partial charge in [-0.2, -0.15) is 0 Å². The first-order valence-electron chi connectivity index (χ1n) is 6.97. The Bertz CT molecular complexity index is 1000. The fourth-order valence-corrected chi connectivity index (χ4v) is 2.64. The maximum absolute atomic E-state index is 12.4. The largest absolute Gasteiger partial charge is 0.504 e. The molecule has 2 N–H and O–H groups in total. The molecule has 4 rings (SSSR count). The first-order chi connectivity index (χ1) is 11.1. The van der Waals surface area contributed by atoms with Gasteiger partial charge in [0.05, 0.1) is 16.6 Å². The molecule has 6 nitrogen and oxygen atoms in total. The van der Waals surface area contributed by atoms with E-state index in [2.05, 4.69) is 4.98 Å². The van der Waals surface area contributed by atoms with Crippen molar-refractivity contribution >= 4 is 22.9 Å². The third-order valence-electron chi connectivity index (χ3n) is 3.87. The first-order valence-corrected chi connectivity index (χ1v) is 6.97. The number of para-hydroxylation sites is 2. The summed E-state index contributed by atoms with van der Waals surface area (Å²) in [5.41, 5.74) is 1.96. The monoisotopic (exact) mass is 308 g/mol. The lowest BCUT2D eigenvalue weighted by Crippen LogP contribution is -2.00. The van der Waals surface area contributed by atoms with E-state index in [-0.39, 0.29) is 28.6 Å². The van der Waals surface area contributed by atoms with E-state index in [1.165, 1.54) is 18.2 Å². The van der Waals surface area contributed by atoms with E-state index in [1.807, 2.05) is 35.9 Å². The predicted molar refractivity (Wildman–Crippen MR) is 83.4 cm³/mol. The number of imidazole rings is 1. The van der Waals surface area contributed by atoms with Crippen molar-refractivity contribution in [2.75, 3.05) is 0 Å². The molecule has 0 saturated heterocycles. The van der Waals surface area contributed by atoms with E-state index in [0.29, 0.717) is 5.82 Å². The Morgan fingerprint density at radius 1 is 1.17 bits per heavy atom. The number of benzene rings is 2. The molecule has 0 bridgehead atoms. The molecule has 0 saturated carbocycles. The second kappa shape index (κ2) is 4.61. The van der Waals surface area contributed by atoms with Crippen LogP contribution in [0.2, 0.25) is 0 Å². The molecule has 23 heavy (non-hydrogen) atoms. The van der Waals surface area contributed by atoms with Crippen LogP contribution in [0.15, 0.2) is 42.2 Å². The van der Waals surface area contributed by atoms with E-state index in [9.17, 15) is 15.0 Å². The number of carbonyl (C=O) groups excluding carboxylic acids is 1. The number of phenols is 2. The number of hydrogen-bond donors (Lipinski definition) is 2. The van der Waals surface area contributed by atoms with Gasteiger partial charge in [0.25, 0.3) is 0 Å². The smallest absolute Gasteiger partial charge is 0.232 e. The highest BCUT2D eigenvalue weighted by Crippen LogP contribution is 2.44. The van der Waals surface area contributed by atoms with Gasteiger partial charge in [-0.1, -0.05) is 12.1 Å². The van der Waals surface area contributed by atoms with Gasteiger partial charge >= 0.3 is 0 Å². The van der Waals surface area contributed by atoms with Crippen LogP contribution in [0.1, 0.15) is 16.2 Å². The molecular weight excluding hydrogens is 296 g/mol. The summed E-state index contributed by atoms with van der Waals surface area (Å²) in [6.45, 7) is 0. The van der Waals surface area contributed by atoms with Crippen molar-refractivity contribution in [2.45, 2.75) is 0 Å². The van der Waals surface area contributed by atoms with Crippen LogP contribution in [-0.2, 0) is 7.05 Å². The number of rotatable bonds is 1. The lowest BCUT2D eigenvalue weighted by Gasteiger charge is -2.02. The molecule has 0 aliphatic carbocycles. The molecule has 1 aliphatic rings. The second-order valence-electron chi connectivity index (χ2n) is 5.27. The normalized spacial score (nSPS) is 15.2. The topological polar surface area (TPSA) is 84.6 Å². The lowest BCUT2D eigenvalue weighted by molar-refractivity contribution is 0.101. The summed E-state index contributed by atoms with van der Waals surface area (Å²) in [6.07, 6.45) is 1.53. The highest BCUT2D eigenvalue weighted by atomic mass is 16.5. The molecule has 1 aromatic heterocycles. The SMILES string of the molecule is Cn1c(/C=C2\Oc3c(ccc(O)c3O)C2=O)nc2ccccc21. The molecule has 2 heterocycles. The number of aromatic hydroxyl groups is 2. The molecule has 1 aliphatic heterocycles. The van der Waals surface area contributed by atoms with Crippen molar-refractivity contribution < 1.29 is 19.7 Å². The molecule has 114 valence electrons. The van der Waals surface area contributed by atoms with Crippen molar-refractivity contribution in [1.82, 2.24) is 9.55 Å². The molecule has 0 amide bonds. The number of carbonyl (C=O) groups is 1. The van der Waals surface area contributed by atoms with Crippen LogP contribution in [0.3, 0.4) is 0 Å². The average molecular weight is 308 g/mol. The summed E-state index contributed by atoms with van der Waals surface area (Å²) in [4.78, 5) is 16.8. The highest BCUT2D eigenvalue weighted by molar-refractivity contribution is 6.15.